The van der Waals surface area contributed by atoms with Crippen LogP contribution in [0.15, 0.2) is 34.8 Å². The minimum atomic E-state index is -0.195. The molecule has 100 valence electrons. The number of hydrogen-bond acceptors (Lipinski definition) is 1. The van der Waals surface area contributed by atoms with Crippen LogP contribution in [-0.4, -0.2) is 0 Å². The first-order chi connectivity index (χ1) is 8.90. The molecule has 0 aliphatic carbocycles. The van der Waals surface area contributed by atoms with E-state index in [1.54, 1.807) is 0 Å². The average Bonchev–Trinajstić information content (AvgIpc) is 2.33. The maximum atomic E-state index is 6.39. The largest absolute Gasteiger partial charge is 0.320 e. The van der Waals surface area contributed by atoms with Crippen LogP contribution in [0.5, 0.6) is 0 Å². The molecule has 0 radical (unpaired) electrons. The Morgan fingerprint density at radius 3 is 2.21 bits per heavy atom. The Morgan fingerprint density at radius 1 is 0.947 bits per heavy atom. The van der Waals surface area contributed by atoms with E-state index in [1.165, 1.54) is 11.1 Å². The Morgan fingerprint density at radius 2 is 1.58 bits per heavy atom. The molecule has 3 heteroatoms. The van der Waals surface area contributed by atoms with Gasteiger partial charge in [-0.3, -0.25) is 0 Å². The van der Waals surface area contributed by atoms with E-state index in [2.05, 4.69) is 54.9 Å². The third-order valence-electron chi connectivity index (χ3n) is 3.51. The molecule has 0 bridgehead atoms. The Bertz CT molecular complexity index is 622. The van der Waals surface area contributed by atoms with Gasteiger partial charge in [0.2, 0.25) is 0 Å². The van der Waals surface area contributed by atoms with E-state index >= 15 is 0 Å². The molecule has 19 heavy (non-hydrogen) atoms. The topological polar surface area (TPSA) is 26.0 Å². The second kappa shape index (κ2) is 5.66. The van der Waals surface area contributed by atoms with Crippen molar-refractivity contribution in [1.82, 2.24) is 0 Å². The van der Waals surface area contributed by atoms with E-state index < -0.39 is 0 Å². The van der Waals surface area contributed by atoms with E-state index in [4.69, 9.17) is 17.3 Å². The van der Waals surface area contributed by atoms with Gasteiger partial charge in [-0.25, -0.2) is 0 Å². The number of hydrogen-bond donors (Lipinski definition) is 1. The van der Waals surface area contributed by atoms with Gasteiger partial charge in [0.1, 0.15) is 0 Å². The number of benzene rings is 2. The molecule has 0 heterocycles. The Kier molecular flexibility index (Phi) is 4.34. The molecule has 0 aromatic heterocycles. The van der Waals surface area contributed by atoms with Gasteiger partial charge < -0.3 is 5.73 Å². The predicted molar refractivity (Wildman–Crippen MR) is 85.8 cm³/mol. The van der Waals surface area contributed by atoms with E-state index in [0.717, 1.165) is 26.2 Å². The first kappa shape index (κ1) is 14.6. The molecule has 1 unspecified atom stereocenters. The Hall–Kier alpha value is -0.830. The van der Waals surface area contributed by atoms with Gasteiger partial charge in [0, 0.05) is 9.50 Å². The maximum Gasteiger partial charge on any atom is 0.0569 e. The molecular formula is C16H17BrClN. The fourth-order valence-electron chi connectivity index (χ4n) is 2.20. The van der Waals surface area contributed by atoms with Crippen LogP contribution in [0.25, 0.3) is 0 Å². The van der Waals surface area contributed by atoms with Crippen LogP contribution < -0.4 is 5.73 Å². The van der Waals surface area contributed by atoms with Crippen molar-refractivity contribution in [2.24, 2.45) is 5.73 Å². The highest BCUT2D eigenvalue weighted by atomic mass is 79.9. The zero-order valence-electron chi connectivity index (χ0n) is 11.3. The minimum absolute atomic E-state index is 0.195. The standard InChI is InChI=1S/C16H17BrClN/c1-9-7-14(15(18)8-10(9)2)16(19)13-5-4-12(17)6-11(13)3/h4-8,16H,19H2,1-3H3. The van der Waals surface area contributed by atoms with Crippen molar-refractivity contribution in [3.63, 3.8) is 0 Å². The lowest BCUT2D eigenvalue weighted by Crippen LogP contribution is -2.14. The van der Waals surface area contributed by atoms with Gasteiger partial charge in [-0.1, -0.05) is 39.7 Å². The zero-order valence-corrected chi connectivity index (χ0v) is 13.6. The van der Waals surface area contributed by atoms with E-state index in [9.17, 15) is 0 Å². The molecule has 2 rings (SSSR count). The molecule has 0 spiro atoms. The normalized spacial score (nSPS) is 12.5. The molecule has 2 N–H and O–H groups in total. The van der Waals surface area contributed by atoms with Crippen LogP contribution in [0.2, 0.25) is 5.02 Å². The second-order valence-electron chi connectivity index (χ2n) is 4.94. The van der Waals surface area contributed by atoms with E-state index in [1.807, 2.05) is 12.1 Å². The fraction of sp³-hybridized carbons (Fsp3) is 0.250. The van der Waals surface area contributed by atoms with Crippen LogP contribution >= 0.6 is 27.5 Å². The summed E-state index contributed by atoms with van der Waals surface area (Å²) in [7, 11) is 0. The number of halogens is 2. The highest BCUT2D eigenvalue weighted by Crippen LogP contribution is 2.31. The molecule has 2 aromatic rings. The number of rotatable bonds is 2. The molecular weight excluding hydrogens is 322 g/mol. The molecule has 0 aliphatic rings. The van der Waals surface area contributed by atoms with Crippen molar-refractivity contribution in [3.8, 4) is 0 Å². The van der Waals surface area contributed by atoms with Crippen LogP contribution in [0.3, 0.4) is 0 Å². The van der Waals surface area contributed by atoms with Gasteiger partial charge in [-0.05, 0) is 66.8 Å². The van der Waals surface area contributed by atoms with Crippen molar-refractivity contribution in [2.45, 2.75) is 26.8 Å². The predicted octanol–water partition coefficient (Wildman–Crippen LogP) is 5.08. The Labute approximate surface area is 127 Å². The third-order valence-corrected chi connectivity index (χ3v) is 4.34. The van der Waals surface area contributed by atoms with Gasteiger partial charge in [-0.15, -0.1) is 0 Å². The summed E-state index contributed by atoms with van der Waals surface area (Å²) >= 11 is 9.81. The van der Waals surface area contributed by atoms with Crippen LogP contribution in [-0.2, 0) is 0 Å². The third kappa shape index (κ3) is 3.02. The SMILES string of the molecule is Cc1cc(Cl)c(C(N)c2ccc(Br)cc2C)cc1C. The van der Waals surface area contributed by atoms with Gasteiger partial charge >= 0.3 is 0 Å². The summed E-state index contributed by atoms with van der Waals surface area (Å²) < 4.78 is 1.06. The molecule has 1 nitrogen and oxygen atoms in total. The zero-order chi connectivity index (χ0) is 14.2. The van der Waals surface area contributed by atoms with Crippen LogP contribution in [0.1, 0.15) is 33.9 Å². The second-order valence-corrected chi connectivity index (χ2v) is 6.26. The smallest absolute Gasteiger partial charge is 0.0569 e. The van der Waals surface area contributed by atoms with Crippen LogP contribution in [0, 0.1) is 20.8 Å². The van der Waals surface area contributed by atoms with Gasteiger partial charge in [-0.2, -0.15) is 0 Å². The van der Waals surface area contributed by atoms with E-state index in [-0.39, 0.29) is 6.04 Å². The van der Waals surface area contributed by atoms with Crippen molar-refractivity contribution in [2.75, 3.05) is 0 Å². The first-order valence-corrected chi connectivity index (χ1v) is 7.35. The van der Waals surface area contributed by atoms with Gasteiger partial charge in [0.25, 0.3) is 0 Å². The quantitative estimate of drug-likeness (QED) is 0.812. The molecule has 0 saturated carbocycles. The highest BCUT2D eigenvalue weighted by Gasteiger charge is 2.15. The summed E-state index contributed by atoms with van der Waals surface area (Å²) in [5, 5.41) is 0.734. The molecule has 0 aliphatic heterocycles. The average molecular weight is 339 g/mol. The fourth-order valence-corrected chi connectivity index (χ4v) is 3.01. The lowest BCUT2D eigenvalue weighted by Gasteiger charge is -2.18. The minimum Gasteiger partial charge on any atom is -0.320 e. The summed E-state index contributed by atoms with van der Waals surface area (Å²) in [5.41, 5.74) is 12.0. The summed E-state index contributed by atoms with van der Waals surface area (Å²) in [5.74, 6) is 0. The van der Waals surface area contributed by atoms with Gasteiger partial charge in [0.05, 0.1) is 6.04 Å². The van der Waals surface area contributed by atoms with Crippen molar-refractivity contribution in [3.05, 3.63) is 67.6 Å². The van der Waals surface area contributed by atoms with Crippen LogP contribution in [0.4, 0.5) is 0 Å². The molecule has 1 atom stereocenters. The maximum absolute atomic E-state index is 6.39. The summed E-state index contributed by atoms with van der Waals surface area (Å²) in [6, 6.07) is 10.0. The molecule has 0 amide bonds. The number of aryl methyl sites for hydroxylation is 3. The molecule has 0 saturated heterocycles. The first-order valence-electron chi connectivity index (χ1n) is 6.18. The van der Waals surface area contributed by atoms with Crippen molar-refractivity contribution in [1.29, 1.82) is 0 Å². The van der Waals surface area contributed by atoms with Crippen molar-refractivity contribution >= 4 is 27.5 Å². The summed E-state index contributed by atoms with van der Waals surface area (Å²) in [6.45, 7) is 6.20. The number of nitrogens with two attached hydrogens (primary N) is 1. The lowest BCUT2D eigenvalue weighted by molar-refractivity contribution is 0.859. The van der Waals surface area contributed by atoms with Gasteiger partial charge in [0.15, 0.2) is 0 Å². The summed E-state index contributed by atoms with van der Waals surface area (Å²) in [6.07, 6.45) is 0. The summed E-state index contributed by atoms with van der Waals surface area (Å²) in [4.78, 5) is 0. The molecule has 0 fully saturated rings. The monoisotopic (exact) mass is 337 g/mol. The Balaban J connectivity index is 2.49. The highest BCUT2D eigenvalue weighted by molar-refractivity contribution is 9.10. The van der Waals surface area contributed by atoms with E-state index in [0.29, 0.717) is 0 Å². The van der Waals surface area contributed by atoms with Crippen molar-refractivity contribution < 1.29 is 0 Å². The lowest BCUT2D eigenvalue weighted by atomic mass is 9.93. The molecule has 2 aromatic carbocycles.